The van der Waals surface area contributed by atoms with Crippen LogP contribution < -0.4 is 16.2 Å². The van der Waals surface area contributed by atoms with Crippen LogP contribution in [0.15, 0.2) is 36.4 Å². The first kappa shape index (κ1) is 22.3. The second kappa shape index (κ2) is 8.78. The number of hydrazine groups is 1. The average Bonchev–Trinajstić information content (AvgIpc) is 3.12. The molecule has 3 N–H and O–H groups in total. The van der Waals surface area contributed by atoms with Crippen LogP contribution in [0.2, 0.25) is 0 Å². The lowest BCUT2D eigenvalue weighted by Crippen LogP contribution is -2.37. The Balaban J connectivity index is 1.78. The number of ether oxygens (including phenoxy) is 1. The Bertz CT molecular complexity index is 1030. The fourth-order valence-electron chi connectivity index (χ4n) is 3.63. The lowest BCUT2D eigenvalue weighted by Gasteiger charge is -2.21. The van der Waals surface area contributed by atoms with E-state index in [1.54, 1.807) is 19.1 Å². The summed E-state index contributed by atoms with van der Waals surface area (Å²) in [6.45, 7) is 7.24. The van der Waals surface area contributed by atoms with Crippen molar-refractivity contribution in [3.63, 3.8) is 0 Å². The fourth-order valence-corrected chi connectivity index (χ4v) is 3.63. The number of anilines is 2. The summed E-state index contributed by atoms with van der Waals surface area (Å²) in [5, 5.41) is 14.1. The molecule has 162 valence electrons. The van der Waals surface area contributed by atoms with Crippen LogP contribution in [0.5, 0.6) is 0 Å². The number of rotatable bonds is 5. The Labute approximate surface area is 182 Å². The molecular formula is C24H28N4O3. The number of nitrogens with zero attached hydrogens (tertiary/aromatic N) is 2. The van der Waals surface area contributed by atoms with Gasteiger partial charge in [0.05, 0.1) is 22.9 Å². The zero-order chi connectivity index (χ0) is 22.8. The molecule has 7 nitrogen and oxygen atoms in total. The number of amides is 1. The van der Waals surface area contributed by atoms with Crippen molar-refractivity contribution in [3.05, 3.63) is 58.7 Å². The van der Waals surface area contributed by atoms with Gasteiger partial charge in [-0.1, -0.05) is 6.92 Å². The van der Waals surface area contributed by atoms with E-state index >= 15 is 0 Å². The number of hydrogen-bond donors (Lipinski definition) is 2. The highest BCUT2D eigenvalue weighted by Crippen LogP contribution is 2.37. The smallest absolute Gasteiger partial charge is 0.338 e. The molecule has 0 bridgehead atoms. The predicted molar refractivity (Wildman–Crippen MR) is 119 cm³/mol. The summed E-state index contributed by atoms with van der Waals surface area (Å²) >= 11 is 0. The number of aryl methyl sites for hydroxylation is 1. The van der Waals surface area contributed by atoms with Crippen LogP contribution in [-0.4, -0.2) is 17.5 Å². The second-order valence-electron chi connectivity index (χ2n) is 8.61. The van der Waals surface area contributed by atoms with E-state index in [-0.39, 0.29) is 24.3 Å². The molecule has 1 unspecified atom stereocenters. The molecule has 0 saturated carbocycles. The molecule has 0 aliphatic heterocycles. The molecule has 0 radical (unpaired) electrons. The number of nitrogens with one attached hydrogen (secondary N) is 1. The number of nitriles is 1. The molecule has 31 heavy (non-hydrogen) atoms. The summed E-state index contributed by atoms with van der Waals surface area (Å²) < 4.78 is 5.40. The standard InChI is InChI=1S/C24H28N4O3/c1-5-22(29)28(26)21-13-16-8-11-20(19(16)12-17(21)14-25)27-18-9-6-15(7-10-18)23(30)31-24(2,3)4/h6-7,9-10,12-13,20,27H,5,8,11,26H2,1-4H3. The van der Waals surface area contributed by atoms with Crippen molar-refractivity contribution >= 4 is 23.3 Å². The number of carbonyl (C=O) groups excluding carboxylic acids is 2. The van der Waals surface area contributed by atoms with Gasteiger partial charge in [-0.05, 0) is 81.1 Å². The first-order chi connectivity index (χ1) is 14.6. The van der Waals surface area contributed by atoms with Crippen molar-refractivity contribution < 1.29 is 14.3 Å². The van der Waals surface area contributed by atoms with Crippen LogP contribution in [0.1, 0.15) is 73.6 Å². The molecule has 1 amide bonds. The van der Waals surface area contributed by atoms with E-state index in [0.717, 1.165) is 34.7 Å². The molecule has 0 spiro atoms. The molecular weight excluding hydrogens is 392 g/mol. The molecule has 0 heterocycles. The third-order valence-corrected chi connectivity index (χ3v) is 5.15. The van der Waals surface area contributed by atoms with Gasteiger partial charge in [0, 0.05) is 12.1 Å². The number of carbonyl (C=O) groups is 2. The minimum Gasteiger partial charge on any atom is -0.456 e. The van der Waals surface area contributed by atoms with E-state index in [9.17, 15) is 14.9 Å². The zero-order valence-electron chi connectivity index (χ0n) is 18.4. The largest absolute Gasteiger partial charge is 0.456 e. The van der Waals surface area contributed by atoms with Crippen molar-refractivity contribution in [1.29, 1.82) is 5.26 Å². The maximum absolute atomic E-state index is 12.2. The molecule has 2 aromatic carbocycles. The fraction of sp³-hybridized carbons (Fsp3) is 0.375. The third kappa shape index (κ3) is 5.04. The zero-order valence-corrected chi connectivity index (χ0v) is 18.4. The second-order valence-corrected chi connectivity index (χ2v) is 8.61. The Kier molecular flexibility index (Phi) is 6.32. The van der Waals surface area contributed by atoms with E-state index in [0.29, 0.717) is 16.8 Å². The maximum atomic E-state index is 12.2. The summed E-state index contributed by atoms with van der Waals surface area (Å²) in [7, 11) is 0. The molecule has 1 atom stereocenters. The van der Waals surface area contributed by atoms with Crippen LogP contribution in [0, 0.1) is 11.3 Å². The van der Waals surface area contributed by atoms with Gasteiger partial charge >= 0.3 is 5.97 Å². The van der Waals surface area contributed by atoms with Gasteiger partial charge in [0.25, 0.3) is 0 Å². The Hall–Kier alpha value is -3.37. The van der Waals surface area contributed by atoms with Gasteiger partial charge in [-0.2, -0.15) is 5.26 Å². The summed E-state index contributed by atoms with van der Waals surface area (Å²) in [6.07, 6.45) is 1.93. The summed E-state index contributed by atoms with van der Waals surface area (Å²) in [6, 6.07) is 13.0. The van der Waals surface area contributed by atoms with Crippen molar-refractivity contribution in [1.82, 2.24) is 0 Å². The Morgan fingerprint density at radius 3 is 2.52 bits per heavy atom. The number of benzene rings is 2. The van der Waals surface area contributed by atoms with Crippen LogP contribution in [0.3, 0.4) is 0 Å². The Morgan fingerprint density at radius 1 is 1.26 bits per heavy atom. The normalized spacial score (nSPS) is 15.0. The summed E-state index contributed by atoms with van der Waals surface area (Å²) in [4.78, 5) is 24.2. The minimum absolute atomic E-state index is 0.0247. The highest BCUT2D eigenvalue weighted by Gasteiger charge is 2.26. The third-order valence-electron chi connectivity index (χ3n) is 5.15. The Morgan fingerprint density at radius 2 is 1.94 bits per heavy atom. The minimum atomic E-state index is -0.542. The monoisotopic (exact) mass is 420 g/mol. The molecule has 0 fully saturated rings. The van der Waals surface area contributed by atoms with Gasteiger partial charge in [0.2, 0.25) is 5.91 Å². The van der Waals surface area contributed by atoms with Crippen molar-refractivity contribution in [2.24, 2.45) is 5.84 Å². The number of hydrogen-bond acceptors (Lipinski definition) is 6. The highest BCUT2D eigenvalue weighted by molar-refractivity contribution is 5.93. The van der Waals surface area contributed by atoms with E-state index < -0.39 is 5.60 Å². The molecule has 7 heteroatoms. The van der Waals surface area contributed by atoms with Crippen LogP contribution in [0.4, 0.5) is 11.4 Å². The van der Waals surface area contributed by atoms with Gasteiger partial charge < -0.3 is 10.1 Å². The first-order valence-corrected chi connectivity index (χ1v) is 10.4. The van der Waals surface area contributed by atoms with E-state index in [1.165, 1.54) is 0 Å². The first-order valence-electron chi connectivity index (χ1n) is 10.4. The van der Waals surface area contributed by atoms with Crippen molar-refractivity contribution in [2.75, 3.05) is 10.3 Å². The molecule has 2 aromatic rings. The summed E-state index contributed by atoms with van der Waals surface area (Å²) in [5.41, 5.74) is 3.72. The lowest BCUT2D eigenvalue weighted by atomic mass is 10.0. The van der Waals surface area contributed by atoms with Crippen molar-refractivity contribution in [2.45, 2.75) is 58.6 Å². The predicted octanol–water partition coefficient (Wildman–Crippen LogP) is 4.23. The molecule has 1 aliphatic carbocycles. The molecule has 0 saturated heterocycles. The number of fused-ring (bicyclic) bond motifs is 1. The van der Waals surface area contributed by atoms with E-state index in [1.807, 2.05) is 45.0 Å². The molecule has 0 aromatic heterocycles. The highest BCUT2D eigenvalue weighted by atomic mass is 16.6. The molecule has 1 aliphatic rings. The summed E-state index contributed by atoms with van der Waals surface area (Å²) in [5.74, 6) is 5.34. The van der Waals surface area contributed by atoms with Gasteiger partial charge in [0.15, 0.2) is 0 Å². The SMILES string of the molecule is CCC(=O)N(N)c1cc2c(cc1C#N)C(Nc1ccc(C(=O)OC(C)(C)C)cc1)CC2. The van der Waals surface area contributed by atoms with E-state index in [4.69, 9.17) is 10.6 Å². The number of nitrogens with two attached hydrogens (primary N) is 1. The van der Waals surface area contributed by atoms with Crippen LogP contribution in [-0.2, 0) is 16.0 Å². The average molecular weight is 421 g/mol. The maximum Gasteiger partial charge on any atom is 0.338 e. The van der Waals surface area contributed by atoms with Gasteiger partial charge in [-0.3, -0.25) is 4.79 Å². The molecule has 3 rings (SSSR count). The van der Waals surface area contributed by atoms with E-state index in [2.05, 4.69) is 11.4 Å². The van der Waals surface area contributed by atoms with Crippen molar-refractivity contribution in [3.8, 4) is 6.07 Å². The van der Waals surface area contributed by atoms with Gasteiger partial charge in [0.1, 0.15) is 11.7 Å². The van der Waals surface area contributed by atoms with Gasteiger partial charge in [-0.15, -0.1) is 0 Å². The van der Waals surface area contributed by atoms with Crippen LogP contribution >= 0.6 is 0 Å². The van der Waals surface area contributed by atoms with Crippen LogP contribution in [0.25, 0.3) is 0 Å². The lowest BCUT2D eigenvalue weighted by molar-refractivity contribution is -0.118. The quantitative estimate of drug-likeness (QED) is 0.324. The van der Waals surface area contributed by atoms with Gasteiger partial charge in [-0.25, -0.2) is 15.6 Å². The topological polar surface area (TPSA) is 108 Å². The number of esters is 1.